The topological polar surface area (TPSA) is 54.9 Å². The number of hydrogen-bond acceptors (Lipinski definition) is 4. The highest BCUT2D eigenvalue weighted by molar-refractivity contribution is 7.71. The Morgan fingerprint density at radius 2 is 2.04 bits per heavy atom. The lowest BCUT2D eigenvalue weighted by atomic mass is 10.2. The van der Waals surface area contributed by atoms with E-state index >= 15 is 0 Å². The fourth-order valence-corrected chi connectivity index (χ4v) is 3.02. The van der Waals surface area contributed by atoms with E-state index in [1.807, 2.05) is 24.3 Å². The first kappa shape index (κ1) is 19.4. The van der Waals surface area contributed by atoms with Crippen LogP contribution in [0.1, 0.15) is 30.3 Å². The molecule has 0 radical (unpaired) electrons. The maximum absolute atomic E-state index is 13.8. The number of aromatic amines is 1. The van der Waals surface area contributed by atoms with Crippen molar-refractivity contribution in [1.29, 1.82) is 0 Å². The van der Waals surface area contributed by atoms with Crippen molar-refractivity contribution in [1.82, 2.24) is 14.9 Å². The maximum Gasteiger partial charge on any atom is 0.214 e. The average molecular weight is 407 g/mol. The number of hydrogen-bond donors (Lipinski definition) is 2. The predicted octanol–water partition coefficient (Wildman–Crippen LogP) is 5.01. The van der Waals surface area contributed by atoms with Gasteiger partial charge in [0.25, 0.3) is 0 Å². The largest absolute Gasteiger partial charge is 0.489 e. The lowest BCUT2D eigenvalue weighted by molar-refractivity contribution is 0.300. The summed E-state index contributed by atoms with van der Waals surface area (Å²) >= 11 is 11.3. The Bertz CT molecular complexity index is 935. The quantitative estimate of drug-likeness (QED) is 0.516. The summed E-state index contributed by atoms with van der Waals surface area (Å²) < 4.78 is 21.8. The smallest absolute Gasteiger partial charge is 0.214 e. The first-order valence-electron chi connectivity index (χ1n) is 8.63. The maximum atomic E-state index is 13.8. The van der Waals surface area contributed by atoms with Gasteiger partial charge in [-0.3, -0.25) is 5.10 Å². The van der Waals surface area contributed by atoms with Crippen LogP contribution in [0.25, 0.3) is 0 Å². The van der Waals surface area contributed by atoms with E-state index in [2.05, 4.69) is 22.5 Å². The third kappa shape index (κ3) is 4.87. The van der Waals surface area contributed by atoms with Crippen molar-refractivity contribution in [3.05, 3.63) is 75.0 Å². The zero-order valence-corrected chi connectivity index (χ0v) is 16.4. The molecular formula is C19H20ClFN4OS. The van der Waals surface area contributed by atoms with Gasteiger partial charge in [-0.2, -0.15) is 5.10 Å². The Balaban J connectivity index is 1.59. The molecule has 0 spiro atoms. The van der Waals surface area contributed by atoms with Crippen molar-refractivity contribution in [2.75, 3.05) is 5.43 Å². The molecule has 8 heteroatoms. The number of halogens is 2. The molecule has 0 unspecified atom stereocenters. The van der Waals surface area contributed by atoms with Crippen LogP contribution in [0.15, 0.2) is 42.5 Å². The van der Waals surface area contributed by atoms with E-state index < -0.39 is 0 Å². The SMILES string of the molecule is CCCc1n[nH]c(=S)n1NCc1ccc(OCc2c(F)cccc2Cl)cc1. The number of aromatic nitrogens is 3. The van der Waals surface area contributed by atoms with Gasteiger partial charge in [-0.25, -0.2) is 9.07 Å². The normalized spacial score (nSPS) is 10.8. The van der Waals surface area contributed by atoms with Gasteiger partial charge in [0.15, 0.2) is 5.82 Å². The van der Waals surface area contributed by atoms with E-state index in [0.717, 1.165) is 24.2 Å². The summed E-state index contributed by atoms with van der Waals surface area (Å²) in [6.45, 7) is 2.76. The number of rotatable bonds is 8. The van der Waals surface area contributed by atoms with Crippen LogP contribution in [0.5, 0.6) is 5.75 Å². The van der Waals surface area contributed by atoms with Gasteiger partial charge >= 0.3 is 0 Å². The summed E-state index contributed by atoms with van der Waals surface area (Å²) in [6, 6.07) is 12.1. The van der Waals surface area contributed by atoms with Crippen LogP contribution in [0.4, 0.5) is 4.39 Å². The third-order valence-electron chi connectivity index (χ3n) is 4.02. The number of benzene rings is 2. The summed E-state index contributed by atoms with van der Waals surface area (Å²) in [4.78, 5) is 0. The molecule has 0 saturated carbocycles. The van der Waals surface area contributed by atoms with Crippen LogP contribution in [-0.2, 0) is 19.6 Å². The standard InChI is InChI=1S/C19H20ClFN4OS/c1-2-4-18-23-24-19(27)25(18)22-11-13-7-9-14(10-8-13)26-12-15-16(20)5-3-6-17(15)21/h3,5-10,22H,2,4,11-12H2,1H3,(H,24,27). The molecule has 2 N–H and O–H groups in total. The van der Waals surface area contributed by atoms with E-state index in [1.165, 1.54) is 6.07 Å². The predicted molar refractivity (Wildman–Crippen MR) is 107 cm³/mol. The fourth-order valence-electron chi connectivity index (χ4n) is 2.58. The molecule has 0 atom stereocenters. The van der Waals surface area contributed by atoms with Crippen molar-refractivity contribution in [3.63, 3.8) is 0 Å². The highest BCUT2D eigenvalue weighted by Gasteiger charge is 2.08. The van der Waals surface area contributed by atoms with Crippen LogP contribution < -0.4 is 10.2 Å². The average Bonchev–Trinajstić information content (AvgIpc) is 3.00. The Hall–Kier alpha value is -2.38. The monoisotopic (exact) mass is 406 g/mol. The molecule has 0 amide bonds. The van der Waals surface area contributed by atoms with Crippen molar-refractivity contribution in [3.8, 4) is 5.75 Å². The number of ether oxygens (including phenoxy) is 1. The summed E-state index contributed by atoms with van der Waals surface area (Å²) in [6.07, 6.45) is 1.82. The molecule has 142 valence electrons. The molecule has 1 heterocycles. The van der Waals surface area contributed by atoms with Crippen LogP contribution in [0.3, 0.4) is 0 Å². The second kappa shape index (κ2) is 9.01. The molecule has 0 aliphatic carbocycles. The van der Waals surface area contributed by atoms with Crippen LogP contribution in [0.2, 0.25) is 5.02 Å². The molecule has 27 heavy (non-hydrogen) atoms. The summed E-state index contributed by atoms with van der Waals surface area (Å²) in [5.74, 6) is 1.15. The van der Waals surface area contributed by atoms with Gasteiger partial charge < -0.3 is 10.2 Å². The van der Waals surface area contributed by atoms with Crippen LogP contribution in [-0.4, -0.2) is 14.9 Å². The molecule has 0 aliphatic rings. The minimum Gasteiger partial charge on any atom is -0.489 e. The lowest BCUT2D eigenvalue weighted by Gasteiger charge is -2.11. The zero-order valence-electron chi connectivity index (χ0n) is 14.8. The summed E-state index contributed by atoms with van der Waals surface area (Å²) in [7, 11) is 0. The lowest BCUT2D eigenvalue weighted by Crippen LogP contribution is -2.17. The highest BCUT2D eigenvalue weighted by atomic mass is 35.5. The molecule has 2 aromatic carbocycles. The van der Waals surface area contributed by atoms with E-state index in [-0.39, 0.29) is 12.4 Å². The Labute approximate surface area is 167 Å². The first-order valence-corrected chi connectivity index (χ1v) is 9.42. The van der Waals surface area contributed by atoms with E-state index in [4.69, 9.17) is 28.6 Å². The van der Waals surface area contributed by atoms with Crippen molar-refractivity contribution >= 4 is 23.8 Å². The molecule has 0 bridgehead atoms. The van der Waals surface area contributed by atoms with Crippen molar-refractivity contribution in [2.24, 2.45) is 0 Å². The molecule has 5 nitrogen and oxygen atoms in total. The van der Waals surface area contributed by atoms with Crippen molar-refractivity contribution in [2.45, 2.75) is 32.9 Å². The minimum absolute atomic E-state index is 0.0770. The molecule has 1 aromatic heterocycles. The Morgan fingerprint density at radius 3 is 2.74 bits per heavy atom. The van der Waals surface area contributed by atoms with E-state index in [0.29, 0.717) is 27.7 Å². The van der Waals surface area contributed by atoms with Gasteiger partial charge in [0.05, 0.1) is 11.6 Å². The molecule has 0 fully saturated rings. The van der Waals surface area contributed by atoms with Crippen molar-refractivity contribution < 1.29 is 9.13 Å². The van der Waals surface area contributed by atoms with E-state index in [9.17, 15) is 4.39 Å². The van der Waals surface area contributed by atoms with Crippen LogP contribution in [0, 0.1) is 10.6 Å². The molecule has 0 saturated heterocycles. The number of nitrogens with one attached hydrogen (secondary N) is 2. The van der Waals surface area contributed by atoms with Gasteiger partial charge in [0, 0.05) is 12.0 Å². The molecule has 3 rings (SSSR count). The molecular weight excluding hydrogens is 387 g/mol. The highest BCUT2D eigenvalue weighted by Crippen LogP contribution is 2.21. The first-order chi connectivity index (χ1) is 13.1. The molecule has 3 aromatic rings. The van der Waals surface area contributed by atoms with Gasteiger partial charge in [0.1, 0.15) is 18.2 Å². The third-order valence-corrected chi connectivity index (χ3v) is 4.65. The Morgan fingerprint density at radius 1 is 1.26 bits per heavy atom. The second-order valence-corrected chi connectivity index (χ2v) is 6.79. The van der Waals surface area contributed by atoms with Gasteiger partial charge in [-0.05, 0) is 48.5 Å². The van der Waals surface area contributed by atoms with E-state index in [1.54, 1.807) is 16.8 Å². The Kier molecular flexibility index (Phi) is 6.47. The summed E-state index contributed by atoms with van der Waals surface area (Å²) in [5, 5.41) is 7.38. The zero-order chi connectivity index (χ0) is 19.2. The van der Waals surface area contributed by atoms with Gasteiger partial charge in [-0.15, -0.1) is 0 Å². The fraction of sp³-hybridized carbons (Fsp3) is 0.263. The summed E-state index contributed by atoms with van der Waals surface area (Å²) in [5.41, 5.74) is 4.67. The van der Waals surface area contributed by atoms with Gasteiger partial charge in [-0.1, -0.05) is 36.7 Å². The van der Waals surface area contributed by atoms with Gasteiger partial charge in [0.2, 0.25) is 4.77 Å². The number of H-pyrrole nitrogens is 1. The minimum atomic E-state index is -0.372. The molecule has 0 aliphatic heterocycles. The second-order valence-electron chi connectivity index (χ2n) is 6.00. The number of nitrogens with zero attached hydrogens (tertiary/aromatic N) is 2. The van der Waals surface area contributed by atoms with Crippen LogP contribution >= 0.6 is 23.8 Å². The number of aryl methyl sites for hydroxylation is 1.